The molecule has 0 spiro atoms. The van der Waals surface area contributed by atoms with Crippen LogP contribution in [-0.2, 0) is 9.53 Å². The molecule has 2 atom stereocenters. The van der Waals surface area contributed by atoms with Gasteiger partial charge in [0.1, 0.15) is 0 Å². The van der Waals surface area contributed by atoms with Gasteiger partial charge in [-0.05, 0) is 60.2 Å². The lowest BCUT2D eigenvalue weighted by Crippen LogP contribution is -2.34. The Morgan fingerprint density at radius 3 is 2.50 bits per heavy atom. The van der Waals surface area contributed by atoms with E-state index in [4.69, 9.17) is 27.2 Å². The first-order valence-corrected chi connectivity index (χ1v) is 12.3. The molecular formula is C29H26ClN3O3. The molecule has 6 nitrogen and oxygen atoms in total. The number of nitrogens with two attached hydrogens (primary N) is 1. The van der Waals surface area contributed by atoms with E-state index in [1.165, 1.54) is 17.1 Å². The fourth-order valence-corrected chi connectivity index (χ4v) is 5.11. The summed E-state index contributed by atoms with van der Waals surface area (Å²) >= 11 is 5.92. The summed E-state index contributed by atoms with van der Waals surface area (Å²) in [4.78, 5) is 26.0. The zero-order valence-electron chi connectivity index (χ0n) is 19.6. The summed E-state index contributed by atoms with van der Waals surface area (Å²) in [7, 11) is 0. The van der Waals surface area contributed by atoms with Gasteiger partial charge in [0.15, 0.2) is 6.61 Å². The first kappa shape index (κ1) is 23.8. The Balaban J connectivity index is 1.42. The molecule has 1 amide bonds. The van der Waals surface area contributed by atoms with E-state index in [0.717, 1.165) is 41.7 Å². The van der Waals surface area contributed by atoms with Gasteiger partial charge in [-0.2, -0.15) is 5.10 Å². The van der Waals surface area contributed by atoms with Gasteiger partial charge in [0.2, 0.25) is 0 Å². The van der Waals surface area contributed by atoms with Gasteiger partial charge >= 0.3 is 5.97 Å². The van der Waals surface area contributed by atoms with Gasteiger partial charge in [-0.15, -0.1) is 0 Å². The molecule has 182 valence electrons. The second kappa shape index (κ2) is 10.4. The van der Waals surface area contributed by atoms with Crippen molar-refractivity contribution in [2.45, 2.75) is 25.3 Å². The Morgan fingerprint density at radius 1 is 1.06 bits per heavy atom. The van der Waals surface area contributed by atoms with Crippen molar-refractivity contribution < 1.29 is 14.3 Å². The Labute approximate surface area is 215 Å². The quantitative estimate of drug-likeness (QED) is 0.349. The molecule has 36 heavy (non-hydrogen) atoms. The standard InChI is InChI=1S/C29H26ClN3O3/c30-22-14-15-23(25(31)17-22)29(35)36-18-26(34)33-28(20-10-5-2-6-11-20)24-13-7-12-21(27(24)32-33)16-19-8-3-1-4-9-19/h1-6,8-11,14-17,24,28H,7,12-13,18,31H2. The number of hydrogen-bond donors (Lipinski definition) is 1. The Morgan fingerprint density at radius 2 is 1.78 bits per heavy atom. The Bertz CT molecular complexity index is 1340. The van der Waals surface area contributed by atoms with Crippen LogP contribution in [0, 0.1) is 5.92 Å². The van der Waals surface area contributed by atoms with Crippen LogP contribution >= 0.6 is 11.6 Å². The smallest absolute Gasteiger partial charge is 0.340 e. The molecule has 1 aliphatic heterocycles. The van der Waals surface area contributed by atoms with Crippen LogP contribution < -0.4 is 5.73 Å². The number of allylic oxidation sites excluding steroid dienone is 1. The lowest BCUT2D eigenvalue weighted by molar-refractivity contribution is -0.137. The fourth-order valence-electron chi connectivity index (χ4n) is 4.93. The minimum absolute atomic E-state index is 0.0719. The van der Waals surface area contributed by atoms with Gasteiger partial charge < -0.3 is 10.5 Å². The highest BCUT2D eigenvalue weighted by Gasteiger charge is 2.43. The summed E-state index contributed by atoms with van der Waals surface area (Å²) in [5.41, 5.74) is 10.4. The molecule has 5 rings (SSSR count). The van der Waals surface area contributed by atoms with Crippen molar-refractivity contribution in [3.63, 3.8) is 0 Å². The van der Waals surface area contributed by atoms with Crippen LogP contribution in [0.2, 0.25) is 5.02 Å². The van der Waals surface area contributed by atoms with Crippen molar-refractivity contribution in [2.24, 2.45) is 11.0 Å². The summed E-state index contributed by atoms with van der Waals surface area (Å²) in [5, 5.41) is 6.74. The van der Waals surface area contributed by atoms with Gasteiger partial charge in [0, 0.05) is 16.6 Å². The third-order valence-corrected chi connectivity index (χ3v) is 6.83. The van der Waals surface area contributed by atoms with Crippen molar-refractivity contribution >= 4 is 41.0 Å². The van der Waals surface area contributed by atoms with E-state index in [9.17, 15) is 9.59 Å². The van der Waals surface area contributed by atoms with Crippen LogP contribution in [0.25, 0.3) is 6.08 Å². The van der Waals surface area contributed by atoms with Crippen LogP contribution in [0.4, 0.5) is 5.69 Å². The highest BCUT2D eigenvalue weighted by Crippen LogP contribution is 2.44. The first-order valence-electron chi connectivity index (χ1n) is 11.9. The Hall–Kier alpha value is -3.90. The number of anilines is 1. The SMILES string of the molecule is Nc1cc(Cl)ccc1C(=O)OCC(=O)N1N=C2C(=Cc3ccccc3)CCCC2C1c1ccccc1. The van der Waals surface area contributed by atoms with Crippen LogP contribution in [0.15, 0.2) is 89.5 Å². The average Bonchev–Trinajstić information content (AvgIpc) is 3.29. The van der Waals surface area contributed by atoms with E-state index in [1.807, 2.05) is 48.5 Å². The van der Waals surface area contributed by atoms with Gasteiger partial charge in [-0.3, -0.25) is 4.79 Å². The molecule has 1 heterocycles. The van der Waals surface area contributed by atoms with Gasteiger partial charge in [0.25, 0.3) is 5.91 Å². The van der Waals surface area contributed by atoms with Crippen LogP contribution in [-0.4, -0.2) is 29.2 Å². The van der Waals surface area contributed by atoms with Crippen molar-refractivity contribution in [2.75, 3.05) is 12.3 Å². The largest absolute Gasteiger partial charge is 0.452 e. The van der Waals surface area contributed by atoms with E-state index < -0.39 is 12.6 Å². The topological polar surface area (TPSA) is 85.0 Å². The predicted molar refractivity (Wildman–Crippen MR) is 141 cm³/mol. The number of halogens is 1. The summed E-state index contributed by atoms with van der Waals surface area (Å²) in [6.45, 7) is -0.439. The number of hydrogen-bond acceptors (Lipinski definition) is 5. The average molecular weight is 500 g/mol. The first-order chi connectivity index (χ1) is 17.5. The van der Waals surface area contributed by atoms with Crippen molar-refractivity contribution in [3.8, 4) is 0 Å². The summed E-state index contributed by atoms with van der Waals surface area (Å²) < 4.78 is 5.35. The third kappa shape index (κ3) is 4.90. The van der Waals surface area contributed by atoms with Crippen LogP contribution in [0.5, 0.6) is 0 Å². The molecule has 2 N–H and O–H groups in total. The van der Waals surface area contributed by atoms with Crippen molar-refractivity contribution in [3.05, 3.63) is 106 Å². The number of ether oxygens (including phenoxy) is 1. The number of fused-ring (bicyclic) bond motifs is 1. The number of carbonyl (C=O) groups is 2. The Kier molecular flexibility index (Phi) is 6.87. The predicted octanol–water partition coefficient (Wildman–Crippen LogP) is 5.90. The van der Waals surface area contributed by atoms with Gasteiger partial charge in [0.05, 0.1) is 17.3 Å². The van der Waals surface area contributed by atoms with Crippen molar-refractivity contribution in [1.82, 2.24) is 5.01 Å². The molecule has 1 aliphatic carbocycles. The molecule has 0 radical (unpaired) electrons. The lowest BCUT2D eigenvalue weighted by atomic mass is 9.77. The highest BCUT2D eigenvalue weighted by molar-refractivity contribution is 6.31. The second-order valence-electron chi connectivity index (χ2n) is 8.97. The number of esters is 1. The normalized spacial score (nSPS) is 20.1. The maximum absolute atomic E-state index is 13.4. The molecule has 0 saturated heterocycles. The summed E-state index contributed by atoms with van der Waals surface area (Å²) in [5.74, 6) is -0.990. The molecule has 3 aromatic carbocycles. The van der Waals surface area contributed by atoms with E-state index in [2.05, 4.69) is 18.2 Å². The summed E-state index contributed by atoms with van der Waals surface area (Å²) in [6.07, 6.45) is 5.00. The molecule has 3 aromatic rings. The minimum Gasteiger partial charge on any atom is -0.452 e. The molecule has 2 aliphatic rings. The molecule has 1 saturated carbocycles. The number of rotatable bonds is 5. The number of hydrazone groups is 1. The van der Waals surface area contributed by atoms with Crippen LogP contribution in [0.3, 0.4) is 0 Å². The van der Waals surface area contributed by atoms with E-state index in [0.29, 0.717) is 5.02 Å². The molecule has 0 bridgehead atoms. The van der Waals surface area contributed by atoms with E-state index in [1.54, 1.807) is 6.07 Å². The lowest BCUT2D eigenvalue weighted by Gasteiger charge is -2.29. The number of nitrogen functional groups attached to an aromatic ring is 1. The number of amides is 1. The van der Waals surface area contributed by atoms with E-state index >= 15 is 0 Å². The van der Waals surface area contributed by atoms with E-state index in [-0.39, 0.29) is 29.1 Å². The minimum atomic E-state index is -0.678. The van der Waals surface area contributed by atoms with Gasteiger partial charge in [-0.25, -0.2) is 9.80 Å². The molecule has 7 heteroatoms. The number of benzene rings is 3. The number of nitrogens with zero attached hydrogens (tertiary/aromatic N) is 2. The van der Waals surface area contributed by atoms with Gasteiger partial charge in [-0.1, -0.05) is 72.3 Å². The molecule has 2 unspecified atom stereocenters. The molecule has 1 fully saturated rings. The fraction of sp³-hybridized carbons (Fsp3) is 0.207. The number of carbonyl (C=O) groups excluding carboxylic acids is 2. The maximum atomic E-state index is 13.4. The third-order valence-electron chi connectivity index (χ3n) is 6.60. The maximum Gasteiger partial charge on any atom is 0.340 e. The zero-order chi connectivity index (χ0) is 25.1. The second-order valence-corrected chi connectivity index (χ2v) is 9.40. The monoisotopic (exact) mass is 499 g/mol. The molecular weight excluding hydrogens is 474 g/mol. The van der Waals surface area contributed by atoms with Crippen molar-refractivity contribution in [1.29, 1.82) is 0 Å². The van der Waals surface area contributed by atoms with Crippen LogP contribution in [0.1, 0.15) is 46.8 Å². The molecule has 0 aromatic heterocycles. The highest BCUT2D eigenvalue weighted by atomic mass is 35.5. The summed E-state index contributed by atoms with van der Waals surface area (Å²) in [6, 6.07) is 24.3. The zero-order valence-corrected chi connectivity index (χ0v) is 20.4.